The van der Waals surface area contributed by atoms with Crippen molar-refractivity contribution >= 4 is 17.8 Å². The highest BCUT2D eigenvalue weighted by Gasteiger charge is 2.20. The summed E-state index contributed by atoms with van der Waals surface area (Å²) in [5.74, 6) is -1.22. The number of hydrogen-bond acceptors (Lipinski definition) is 5. The molecule has 0 bridgehead atoms. The molecule has 9 heteroatoms. The zero-order valence-electron chi connectivity index (χ0n) is 13.6. The monoisotopic (exact) mass is 325 g/mol. The van der Waals surface area contributed by atoms with Gasteiger partial charge in [0.1, 0.15) is 12.2 Å². The third-order valence-corrected chi connectivity index (χ3v) is 2.90. The minimum Gasteiger partial charge on any atom is -0.480 e. The predicted molar refractivity (Wildman–Crippen MR) is 81.2 cm³/mol. The molecule has 0 spiro atoms. The molecule has 0 saturated carbocycles. The van der Waals surface area contributed by atoms with Crippen LogP contribution in [0.5, 0.6) is 0 Å². The summed E-state index contributed by atoms with van der Waals surface area (Å²) in [5.41, 5.74) is 0.0463. The minimum absolute atomic E-state index is 0.0482. The van der Waals surface area contributed by atoms with E-state index < -0.39 is 11.4 Å². The molecule has 23 heavy (non-hydrogen) atoms. The molecule has 2 amide bonds. The van der Waals surface area contributed by atoms with Gasteiger partial charge in [-0.2, -0.15) is 0 Å². The van der Waals surface area contributed by atoms with E-state index in [9.17, 15) is 14.4 Å². The standard InChI is InChI=1S/C14H23N5O4/c1-14(2,3)13(23)15-6-4-5-11(20)16-7-10-8-19(18-17-10)9-12(21)22/h8H,4-7,9H2,1-3H3,(H,15,23)(H,16,20)(H,21,22). The van der Waals surface area contributed by atoms with Crippen LogP contribution in [-0.4, -0.2) is 44.4 Å². The van der Waals surface area contributed by atoms with Crippen molar-refractivity contribution < 1.29 is 19.5 Å². The summed E-state index contributed by atoms with van der Waals surface area (Å²) in [6.07, 6.45) is 2.30. The lowest BCUT2D eigenvalue weighted by Crippen LogP contribution is -2.35. The SMILES string of the molecule is CC(C)(C)C(=O)NCCCC(=O)NCc1cn(CC(=O)O)nn1. The summed E-state index contributed by atoms with van der Waals surface area (Å²) < 4.78 is 1.19. The first kappa shape index (κ1) is 18.6. The van der Waals surface area contributed by atoms with Crippen molar-refractivity contribution in [1.29, 1.82) is 0 Å². The highest BCUT2D eigenvalue weighted by Crippen LogP contribution is 2.12. The number of aromatic nitrogens is 3. The minimum atomic E-state index is -1.01. The van der Waals surface area contributed by atoms with Gasteiger partial charge in [0.15, 0.2) is 0 Å². The molecule has 0 saturated heterocycles. The van der Waals surface area contributed by atoms with Crippen molar-refractivity contribution in [2.75, 3.05) is 6.54 Å². The van der Waals surface area contributed by atoms with Gasteiger partial charge in [0.25, 0.3) is 0 Å². The van der Waals surface area contributed by atoms with Crippen LogP contribution in [0.15, 0.2) is 6.20 Å². The van der Waals surface area contributed by atoms with Crippen molar-refractivity contribution in [3.05, 3.63) is 11.9 Å². The normalized spacial score (nSPS) is 11.1. The largest absolute Gasteiger partial charge is 0.480 e. The Morgan fingerprint density at radius 3 is 2.57 bits per heavy atom. The summed E-state index contributed by atoms with van der Waals surface area (Å²) in [6.45, 7) is 5.84. The van der Waals surface area contributed by atoms with Gasteiger partial charge in [0.05, 0.1) is 12.7 Å². The number of carbonyl (C=O) groups excluding carboxylic acids is 2. The maximum absolute atomic E-state index is 11.7. The molecule has 0 atom stereocenters. The van der Waals surface area contributed by atoms with Gasteiger partial charge in [0, 0.05) is 18.4 Å². The van der Waals surface area contributed by atoms with Crippen molar-refractivity contribution in [3.8, 4) is 0 Å². The van der Waals surface area contributed by atoms with Crippen LogP contribution < -0.4 is 10.6 Å². The van der Waals surface area contributed by atoms with Gasteiger partial charge in [-0.15, -0.1) is 5.10 Å². The maximum Gasteiger partial charge on any atom is 0.325 e. The lowest BCUT2D eigenvalue weighted by molar-refractivity contribution is -0.138. The van der Waals surface area contributed by atoms with Crippen LogP contribution in [0.25, 0.3) is 0 Å². The number of rotatable bonds is 8. The molecule has 128 valence electrons. The lowest BCUT2D eigenvalue weighted by atomic mass is 9.96. The fourth-order valence-electron chi connectivity index (χ4n) is 1.63. The summed E-state index contributed by atoms with van der Waals surface area (Å²) in [6, 6.07) is 0. The number of carbonyl (C=O) groups is 3. The van der Waals surface area contributed by atoms with Crippen molar-refractivity contribution in [1.82, 2.24) is 25.6 Å². The average Bonchev–Trinajstić information content (AvgIpc) is 2.86. The van der Waals surface area contributed by atoms with Crippen LogP contribution in [0.3, 0.4) is 0 Å². The quantitative estimate of drug-likeness (QED) is 0.574. The Kier molecular flexibility index (Phi) is 6.67. The number of nitrogens with zero attached hydrogens (tertiary/aromatic N) is 3. The Balaban J connectivity index is 2.21. The first-order valence-corrected chi connectivity index (χ1v) is 7.34. The van der Waals surface area contributed by atoms with Crippen LogP contribution in [0, 0.1) is 5.41 Å². The van der Waals surface area contributed by atoms with E-state index in [2.05, 4.69) is 20.9 Å². The van der Waals surface area contributed by atoms with Crippen molar-refractivity contribution in [2.24, 2.45) is 5.41 Å². The molecule has 0 aliphatic carbocycles. The van der Waals surface area contributed by atoms with Gasteiger partial charge in [-0.05, 0) is 6.42 Å². The van der Waals surface area contributed by atoms with Crippen molar-refractivity contribution in [3.63, 3.8) is 0 Å². The summed E-state index contributed by atoms with van der Waals surface area (Å²) in [4.78, 5) is 33.8. The van der Waals surface area contributed by atoms with E-state index in [0.717, 1.165) is 0 Å². The zero-order chi connectivity index (χ0) is 17.5. The maximum atomic E-state index is 11.7. The summed E-state index contributed by atoms with van der Waals surface area (Å²) in [7, 11) is 0. The second kappa shape index (κ2) is 8.25. The van der Waals surface area contributed by atoms with Gasteiger partial charge in [0.2, 0.25) is 11.8 Å². The molecular weight excluding hydrogens is 302 g/mol. The number of amides is 2. The van der Waals surface area contributed by atoms with Gasteiger partial charge in [-0.25, -0.2) is 4.68 Å². The highest BCUT2D eigenvalue weighted by atomic mass is 16.4. The van der Waals surface area contributed by atoms with E-state index in [-0.39, 0.29) is 31.3 Å². The predicted octanol–water partition coefficient (Wildman–Crippen LogP) is -0.0786. The first-order valence-electron chi connectivity index (χ1n) is 7.34. The van der Waals surface area contributed by atoms with Crippen molar-refractivity contribution in [2.45, 2.75) is 46.7 Å². The van der Waals surface area contributed by atoms with E-state index in [0.29, 0.717) is 18.7 Å². The molecule has 0 aliphatic rings. The summed E-state index contributed by atoms with van der Waals surface area (Å²) >= 11 is 0. The van der Waals surface area contributed by atoms with E-state index in [1.807, 2.05) is 20.8 Å². The Hall–Kier alpha value is -2.45. The van der Waals surface area contributed by atoms with Crippen LogP contribution in [0.2, 0.25) is 0 Å². The Labute approximate surface area is 134 Å². The van der Waals surface area contributed by atoms with Crippen LogP contribution in [-0.2, 0) is 27.5 Å². The van der Waals surface area contributed by atoms with Crippen LogP contribution in [0.4, 0.5) is 0 Å². The second-order valence-electron chi connectivity index (χ2n) is 6.19. The second-order valence-corrected chi connectivity index (χ2v) is 6.19. The van der Waals surface area contributed by atoms with E-state index in [1.165, 1.54) is 10.9 Å². The molecule has 0 aliphatic heterocycles. The van der Waals surface area contributed by atoms with Crippen LogP contribution >= 0.6 is 0 Å². The highest BCUT2D eigenvalue weighted by molar-refractivity contribution is 5.81. The van der Waals surface area contributed by atoms with Gasteiger partial charge < -0.3 is 15.7 Å². The molecule has 0 unspecified atom stereocenters. The molecule has 1 rings (SSSR count). The Morgan fingerprint density at radius 2 is 1.96 bits per heavy atom. The number of aliphatic carboxylic acids is 1. The molecule has 0 radical (unpaired) electrons. The molecule has 0 aromatic carbocycles. The number of carboxylic acid groups (broad SMARTS) is 1. The molecule has 1 heterocycles. The molecule has 3 N–H and O–H groups in total. The van der Waals surface area contributed by atoms with E-state index >= 15 is 0 Å². The van der Waals surface area contributed by atoms with Gasteiger partial charge in [-0.3, -0.25) is 14.4 Å². The number of nitrogens with one attached hydrogen (secondary N) is 2. The van der Waals surface area contributed by atoms with Gasteiger partial charge >= 0.3 is 5.97 Å². The number of carboxylic acids is 1. The first-order chi connectivity index (χ1) is 10.7. The molecule has 0 fully saturated rings. The molecule has 9 nitrogen and oxygen atoms in total. The smallest absolute Gasteiger partial charge is 0.325 e. The average molecular weight is 325 g/mol. The lowest BCUT2D eigenvalue weighted by Gasteiger charge is -2.17. The Morgan fingerprint density at radius 1 is 1.26 bits per heavy atom. The summed E-state index contributed by atoms with van der Waals surface area (Å²) in [5, 5.41) is 21.5. The van der Waals surface area contributed by atoms with E-state index in [4.69, 9.17) is 5.11 Å². The fraction of sp³-hybridized carbons (Fsp3) is 0.643. The van der Waals surface area contributed by atoms with Gasteiger partial charge in [-0.1, -0.05) is 26.0 Å². The molecule has 1 aromatic rings. The fourth-order valence-corrected chi connectivity index (χ4v) is 1.63. The third-order valence-electron chi connectivity index (χ3n) is 2.90. The zero-order valence-corrected chi connectivity index (χ0v) is 13.6. The number of hydrogen-bond donors (Lipinski definition) is 3. The van der Waals surface area contributed by atoms with Crippen LogP contribution in [0.1, 0.15) is 39.3 Å². The molecule has 1 aromatic heterocycles. The topological polar surface area (TPSA) is 126 Å². The third kappa shape index (κ3) is 7.39. The molecular formula is C14H23N5O4. The van der Waals surface area contributed by atoms with E-state index in [1.54, 1.807) is 0 Å². The Bertz CT molecular complexity index is 562.